The maximum atomic E-state index is 12.1. The molecule has 1 aliphatic rings. The molecule has 0 aliphatic carbocycles. The van der Waals surface area contributed by atoms with E-state index in [0.29, 0.717) is 5.56 Å². The van der Waals surface area contributed by atoms with Crippen molar-refractivity contribution in [3.63, 3.8) is 0 Å². The molecule has 142 valence electrons. The molecule has 0 bridgehead atoms. The molecule has 0 spiro atoms. The molecule has 10 nitrogen and oxygen atoms in total. The van der Waals surface area contributed by atoms with Gasteiger partial charge in [-0.05, 0) is 11.6 Å². The fourth-order valence-corrected chi connectivity index (χ4v) is 2.81. The van der Waals surface area contributed by atoms with Crippen LogP contribution in [0.25, 0.3) is 12.2 Å². The molecule has 3 unspecified atom stereocenters. The van der Waals surface area contributed by atoms with Crippen LogP contribution in [0.2, 0.25) is 0 Å². The lowest BCUT2D eigenvalue weighted by Gasteiger charge is -2.14. The third kappa shape index (κ3) is 4.03. The third-order valence-electron chi connectivity index (χ3n) is 4.23. The number of aromatic nitrogens is 2. The average molecular weight is 375 g/mol. The summed E-state index contributed by atoms with van der Waals surface area (Å²) in [5.74, 6) is 0. The van der Waals surface area contributed by atoms with E-state index in [9.17, 15) is 24.8 Å². The summed E-state index contributed by atoms with van der Waals surface area (Å²) in [5, 5.41) is 29.8. The molecular weight excluding hydrogens is 358 g/mol. The maximum Gasteiger partial charge on any atom is 0.330 e. The number of nitro groups is 1. The number of H-pyrrole nitrogens is 1. The van der Waals surface area contributed by atoms with Crippen molar-refractivity contribution in [2.75, 3.05) is 6.61 Å². The van der Waals surface area contributed by atoms with Gasteiger partial charge in [0.25, 0.3) is 11.2 Å². The van der Waals surface area contributed by atoms with Gasteiger partial charge in [-0.3, -0.25) is 24.5 Å². The number of aliphatic hydroxyl groups excluding tert-OH is 2. The van der Waals surface area contributed by atoms with Crippen LogP contribution < -0.4 is 11.2 Å². The van der Waals surface area contributed by atoms with Crippen molar-refractivity contribution in [1.29, 1.82) is 0 Å². The minimum atomic E-state index is -0.928. The summed E-state index contributed by atoms with van der Waals surface area (Å²) in [6, 6.07) is 5.86. The third-order valence-corrected chi connectivity index (χ3v) is 4.23. The summed E-state index contributed by atoms with van der Waals surface area (Å²) in [6.45, 7) is -0.394. The van der Waals surface area contributed by atoms with Crippen LogP contribution >= 0.6 is 0 Å². The number of aromatic amines is 1. The van der Waals surface area contributed by atoms with Gasteiger partial charge in [0.2, 0.25) is 0 Å². The SMILES string of the molecule is O=c1[nH]c(=O)n(C2CC(O)C(CO)O2)cc1C=Cc1cccc([N+](=O)[O-])c1. The van der Waals surface area contributed by atoms with Crippen molar-refractivity contribution >= 4 is 17.8 Å². The van der Waals surface area contributed by atoms with E-state index in [1.54, 1.807) is 6.07 Å². The van der Waals surface area contributed by atoms with Crippen LogP contribution in [0.4, 0.5) is 5.69 Å². The van der Waals surface area contributed by atoms with Gasteiger partial charge in [0.15, 0.2) is 0 Å². The number of nitro benzene ring substituents is 1. The molecule has 2 heterocycles. The predicted molar refractivity (Wildman–Crippen MR) is 95.0 cm³/mol. The summed E-state index contributed by atoms with van der Waals surface area (Å²) in [6.07, 6.45) is 1.74. The Morgan fingerprint density at radius 1 is 1.37 bits per heavy atom. The molecule has 0 amide bonds. The summed E-state index contributed by atoms with van der Waals surface area (Å²) in [4.78, 5) is 36.6. The highest BCUT2D eigenvalue weighted by molar-refractivity contribution is 5.69. The number of ether oxygens (including phenoxy) is 1. The quantitative estimate of drug-likeness (QED) is 0.501. The van der Waals surface area contributed by atoms with Crippen molar-refractivity contribution in [2.45, 2.75) is 24.9 Å². The Morgan fingerprint density at radius 2 is 2.15 bits per heavy atom. The minimum absolute atomic E-state index is 0.0839. The number of hydrogen-bond donors (Lipinski definition) is 3. The first-order valence-corrected chi connectivity index (χ1v) is 8.11. The van der Waals surface area contributed by atoms with Gasteiger partial charge in [0.05, 0.1) is 23.2 Å². The summed E-state index contributed by atoms with van der Waals surface area (Å²) < 4.78 is 6.56. The number of hydrogen-bond acceptors (Lipinski definition) is 7. The molecule has 3 rings (SSSR count). The molecule has 3 atom stereocenters. The number of rotatable bonds is 5. The van der Waals surface area contributed by atoms with E-state index in [2.05, 4.69) is 4.98 Å². The van der Waals surface area contributed by atoms with Crippen molar-refractivity contribution in [2.24, 2.45) is 0 Å². The topological polar surface area (TPSA) is 148 Å². The van der Waals surface area contributed by atoms with Gasteiger partial charge in [-0.1, -0.05) is 18.2 Å². The smallest absolute Gasteiger partial charge is 0.330 e. The number of non-ortho nitro benzene ring substituents is 1. The Balaban J connectivity index is 1.91. The Labute approximate surface area is 152 Å². The van der Waals surface area contributed by atoms with E-state index in [1.165, 1.54) is 36.5 Å². The summed E-state index contributed by atoms with van der Waals surface area (Å²) >= 11 is 0. The molecule has 1 aromatic heterocycles. The Bertz CT molecular complexity index is 995. The largest absolute Gasteiger partial charge is 0.394 e. The van der Waals surface area contributed by atoms with E-state index >= 15 is 0 Å². The molecule has 10 heteroatoms. The minimum Gasteiger partial charge on any atom is -0.394 e. The van der Waals surface area contributed by atoms with Gasteiger partial charge in [-0.2, -0.15) is 0 Å². The van der Waals surface area contributed by atoms with Gasteiger partial charge in [0.1, 0.15) is 12.3 Å². The normalized spacial score (nSPS) is 22.4. The van der Waals surface area contributed by atoms with Gasteiger partial charge in [-0.15, -0.1) is 0 Å². The standard InChI is InChI=1S/C17H17N3O7/c21-9-14-13(22)7-15(27-14)19-8-11(16(23)18-17(19)24)5-4-10-2-1-3-12(6-10)20(25)26/h1-6,8,13-15,21-22H,7,9H2,(H,18,23,24). The van der Waals surface area contributed by atoms with Crippen LogP contribution in [0.15, 0.2) is 40.1 Å². The zero-order valence-corrected chi connectivity index (χ0v) is 14.0. The number of nitrogens with one attached hydrogen (secondary N) is 1. The van der Waals surface area contributed by atoms with E-state index in [1.807, 2.05) is 0 Å². The van der Waals surface area contributed by atoms with Crippen LogP contribution in [0.1, 0.15) is 23.8 Å². The molecule has 1 aliphatic heterocycles. The summed E-state index contributed by atoms with van der Waals surface area (Å²) in [7, 11) is 0. The Kier molecular flexibility index (Phi) is 5.31. The molecule has 1 fully saturated rings. The average Bonchev–Trinajstić information content (AvgIpc) is 3.01. The molecule has 27 heavy (non-hydrogen) atoms. The van der Waals surface area contributed by atoms with Gasteiger partial charge >= 0.3 is 5.69 Å². The first-order chi connectivity index (χ1) is 12.9. The fraction of sp³-hybridized carbons (Fsp3) is 0.294. The van der Waals surface area contributed by atoms with E-state index < -0.39 is 41.2 Å². The highest BCUT2D eigenvalue weighted by Gasteiger charge is 2.35. The first kappa shape index (κ1) is 18.7. The second kappa shape index (κ2) is 7.66. The number of nitrogens with zero attached hydrogens (tertiary/aromatic N) is 2. The molecule has 0 saturated carbocycles. The van der Waals surface area contributed by atoms with Crippen molar-refractivity contribution in [3.8, 4) is 0 Å². The van der Waals surface area contributed by atoms with Crippen molar-refractivity contribution in [1.82, 2.24) is 9.55 Å². The summed E-state index contributed by atoms with van der Waals surface area (Å²) in [5.41, 5.74) is -0.779. The highest BCUT2D eigenvalue weighted by Crippen LogP contribution is 2.27. The number of benzene rings is 1. The lowest BCUT2D eigenvalue weighted by molar-refractivity contribution is -0.384. The molecular formula is C17H17N3O7. The predicted octanol–water partition coefficient (Wildman–Crippen LogP) is 0.256. The second-order valence-electron chi connectivity index (χ2n) is 6.05. The van der Waals surface area contributed by atoms with Crippen LogP contribution in [0, 0.1) is 10.1 Å². The van der Waals surface area contributed by atoms with Crippen molar-refractivity contribution in [3.05, 3.63) is 72.5 Å². The molecule has 3 N–H and O–H groups in total. The van der Waals surface area contributed by atoms with Gasteiger partial charge in [-0.25, -0.2) is 4.79 Å². The molecule has 1 aromatic carbocycles. The van der Waals surface area contributed by atoms with Gasteiger partial charge < -0.3 is 14.9 Å². The van der Waals surface area contributed by atoms with Crippen LogP contribution in [0.5, 0.6) is 0 Å². The lowest BCUT2D eigenvalue weighted by atomic mass is 10.1. The monoisotopic (exact) mass is 375 g/mol. The lowest BCUT2D eigenvalue weighted by Crippen LogP contribution is -2.33. The molecule has 0 radical (unpaired) electrons. The zero-order valence-electron chi connectivity index (χ0n) is 14.0. The first-order valence-electron chi connectivity index (χ1n) is 8.11. The zero-order chi connectivity index (χ0) is 19.6. The second-order valence-corrected chi connectivity index (χ2v) is 6.05. The Morgan fingerprint density at radius 3 is 2.81 bits per heavy atom. The fourth-order valence-electron chi connectivity index (χ4n) is 2.81. The van der Waals surface area contributed by atoms with Gasteiger partial charge in [0, 0.05) is 24.8 Å². The van der Waals surface area contributed by atoms with E-state index in [-0.39, 0.29) is 17.7 Å². The molecule has 1 saturated heterocycles. The maximum absolute atomic E-state index is 12.1. The van der Waals surface area contributed by atoms with Crippen LogP contribution in [-0.4, -0.2) is 43.5 Å². The highest BCUT2D eigenvalue weighted by atomic mass is 16.6. The Hall–Kier alpha value is -3.08. The van der Waals surface area contributed by atoms with Crippen LogP contribution in [-0.2, 0) is 4.74 Å². The van der Waals surface area contributed by atoms with Crippen LogP contribution in [0.3, 0.4) is 0 Å². The molecule has 2 aromatic rings. The number of aliphatic hydroxyl groups is 2. The van der Waals surface area contributed by atoms with E-state index in [0.717, 1.165) is 4.57 Å². The van der Waals surface area contributed by atoms with Crippen molar-refractivity contribution < 1.29 is 19.9 Å². The van der Waals surface area contributed by atoms with E-state index in [4.69, 9.17) is 9.84 Å².